The molecule has 0 bridgehead atoms. The molecular formula is C20H19BrN4O4. The lowest BCUT2D eigenvalue weighted by Gasteiger charge is -2.20. The van der Waals surface area contributed by atoms with E-state index in [9.17, 15) is 9.59 Å². The van der Waals surface area contributed by atoms with E-state index in [4.69, 9.17) is 9.57 Å². The molecule has 2 aliphatic heterocycles. The van der Waals surface area contributed by atoms with Gasteiger partial charge in [-0.1, -0.05) is 29.4 Å². The van der Waals surface area contributed by atoms with Crippen LogP contribution in [0.25, 0.3) is 10.9 Å². The average molecular weight is 459 g/mol. The second-order valence-corrected chi connectivity index (χ2v) is 7.65. The summed E-state index contributed by atoms with van der Waals surface area (Å²) in [6, 6.07) is 9.67. The molecule has 29 heavy (non-hydrogen) atoms. The summed E-state index contributed by atoms with van der Waals surface area (Å²) in [5.74, 6) is -0.335. The molecule has 1 atom stereocenters. The van der Waals surface area contributed by atoms with E-state index in [1.165, 1.54) is 4.90 Å². The van der Waals surface area contributed by atoms with Gasteiger partial charge in [-0.15, -0.1) is 0 Å². The Kier molecular flexibility index (Phi) is 5.75. The van der Waals surface area contributed by atoms with Gasteiger partial charge in [0, 0.05) is 30.1 Å². The van der Waals surface area contributed by atoms with E-state index in [0.29, 0.717) is 36.2 Å². The fourth-order valence-electron chi connectivity index (χ4n) is 3.19. The molecule has 0 spiro atoms. The molecule has 0 saturated carbocycles. The first-order chi connectivity index (χ1) is 14.1. The number of pyridine rings is 1. The molecule has 2 amide bonds. The highest BCUT2D eigenvalue weighted by Gasteiger charge is 2.29. The highest BCUT2D eigenvalue weighted by molar-refractivity contribution is 9.18. The summed E-state index contributed by atoms with van der Waals surface area (Å²) in [6.45, 7) is 0.801. The van der Waals surface area contributed by atoms with E-state index >= 15 is 0 Å². The first-order valence-electron chi connectivity index (χ1n) is 9.24. The van der Waals surface area contributed by atoms with Crippen molar-refractivity contribution in [3.8, 4) is 0 Å². The third kappa shape index (κ3) is 4.56. The number of para-hydroxylation sites is 1. The molecule has 9 heteroatoms. The summed E-state index contributed by atoms with van der Waals surface area (Å²) in [4.78, 5) is 35.9. The van der Waals surface area contributed by atoms with E-state index in [0.717, 1.165) is 16.5 Å². The van der Waals surface area contributed by atoms with Crippen LogP contribution in [0.3, 0.4) is 0 Å². The zero-order valence-electron chi connectivity index (χ0n) is 15.5. The standard InChI is InChI=1S/C20H19BrN4O4/c21-18-9-15(29-24-18)11-23-19(26)17-6-3-7-25(17)20(27)28-12-13-8-14-4-1-2-5-16(14)22-10-13/h1-2,4-6,8,10,15H,3,7,9,11-12H2,(H,23,26). The van der Waals surface area contributed by atoms with E-state index in [1.807, 2.05) is 30.3 Å². The van der Waals surface area contributed by atoms with Crippen LogP contribution >= 0.6 is 15.9 Å². The van der Waals surface area contributed by atoms with Crippen molar-refractivity contribution in [2.75, 3.05) is 13.1 Å². The second kappa shape index (κ2) is 8.60. The van der Waals surface area contributed by atoms with Gasteiger partial charge in [-0.05, 0) is 34.5 Å². The molecule has 2 aliphatic rings. The van der Waals surface area contributed by atoms with Gasteiger partial charge in [0.25, 0.3) is 5.91 Å². The van der Waals surface area contributed by atoms with Crippen LogP contribution in [0.5, 0.6) is 0 Å². The van der Waals surface area contributed by atoms with Crippen LogP contribution in [-0.2, 0) is 21.0 Å². The van der Waals surface area contributed by atoms with Crippen molar-refractivity contribution in [1.82, 2.24) is 15.2 Å². The summed E-state index contributed by atoms with van der Waals surface area (Å²) in [7, 11) is 0. The second-order valence-electron chi connectivity index (χ2n) is 6.73. The number of nitrogens with zero attached hydrogens (tertiary/aromatic N) is 3. The van der Waals surface area contributed by atoms with Crippen molar-refractivity contribution in [3.05, 3.63) is 53.9 Å². The maximum Gasteiger partial charge on any atom is 0.414 e. The predicted molar refractivity (Wildman–Crippen MR) is 110 cm³/mol. The molecule has 0 saturated heterocycles. The number of carbonyl (C=O) groups is 2. The number of hydrogen-bond donors (Lipinski definition) is 1. The third-order valence-corrected chi connectivity index (χ3v) is 5.10. The number of fused-ring (bicyclic) bond motifs is 1. The fraction of sp³-hybridized carbons (Fsp3) is 0.300. The molecule has 4 rings (SSSR count). The van der Waals surface area contributed by atoms with Gasteiger partial charge in [0.05, 0.1) is 12.1 Å². The van der Waals surface area contributed by atoms with Crippen LogP contribution < -0.4 is 5.32 Å². The van der Waals surface area contributed by atoms with Crippen LogP contribution in [0.15, 0.2) is 53.5 Å². The molecule has 0 fully saturated rings. The van der Waals surface area contributed by atoms with Crippen LogP contribution in [0.1, 0.15) is 18.4 Å². The lowest BCUT2D eigenvalue weighted by molar-refractivity contribution is -0.119. The highest BCUT2D eigenvalue weighted by atomic mass is 79.9. The van der Waals surface area contributed by atoms with Gasteiger partial charge >= 0.3 is 6.09 Å². The lowest BCUT2D eigenvalue weighted by Crippen LogP contribution is -2.39. The number of halogens is 1. The number of ether oxygens (including phenoxy) is 1. The van der Waals surface area contributed by atoms with Crippen molar-refractivity contribution >= 4 is 43.5 Å². The van der Waals surface area contributed by atoms with Gasteiger partial charge in [0.1, 0.15) is 16.9 Å². The van der Waals surface area contributed by atoms with Gasteiger partial charge in [-0.2, -0.15) is 0 Å². The molecular weight excluding hydrogens is 440 g/mol. The van der Waals surface area contributed by atoms with Gasteiger partial charge in [0.2, 0.25) is 0 Å². The summed E-state index contributed by atoms with van der Waals surface area (Å²) in [6.07, 6.45) is 3.85. The van der Waals surface area contributed by atoms with E-state index in [-0.39, 0.29) is 18.6 Å². The van der Waals surface area contributed by atoms with Crippen LogP contribution in [0.2, 0.25) is 0 Å². The minimum Gasteiger partial charge on any atom is -0.444 e. The molecule has 1 unspecified atom stereocenters. The third-order valence-electron chi connectivity index (χ3n) is 4.63. The van der Waals surface area contributed by atoms with Crippen molar-refractivity contribution < 1.29 is 19.2 Å². The molecule has 3 heterocycles. The van der Waals surface area contributed by atoms with Crippen LogP contribution in [-0.4, -0.2) is 45.7 Å². The Morgan fingerprint density at radius 1 is 1.34 bits per heavy atom. The first-order valence-corrected chi connectivity index (χ1v) is 10.0. The molecule has 8 nitrogen and oxygen atoms in total. The number of carbonyl (C=O) groups excluding carboxylic acids is 2. The number of oxime groups is 1. The summed E-state index contributed by atoms with van der Waals surface area (Å²) in [5.41, 5.74) is 1.97. The SMILES string of the molecule is O=C(NCC1CC(Br)=NO1)C1=CCCN1C(=O)OCc1cnc2ccccc2c1. The number of aromatic nitrogens is 1. The van der Waals surface area contributed by atoms with E-state index in [2.05, 4.69) is 31.4 Å². The van der Waals surface area contributed by atoms with E-state index < -0.39 is 6.09 Å². The van der Waals surface area contributed by atoms with Crippen LogP contribution in [0, 0.1) is 0 Å². The van der Waals surface area contributed by atoms with Gasteiger partial charge in [-0.3, -0.25) is 14.7 Å². The zero-order chi connectivity index (χ0) is 20.2. The maximum absolute atomic E-state index is 12.5. The number of amides is 2. The summed E-state index contributed by atoms with van der Waals surface area (Å²) < 4.78 is 6.12. The Bertz CT molecular complexity index is 1010. The Hall–Kier alpha value is -2.94. The number of nitrogens with one attached hydrogen (secondary N) is 1. The number of rotatable bonds is 5. The Morgan fingerprint density at radius 2 is 2.21 bits per heavy atom. The van der Waals surface area contributed by atoms with Crippen LogP contribution in [0.4, 0.5) is 4.79 Å². The minimum atomic E-state index is -0.555. The lowest BCUT2D eigenvalue weighted by atomic mass is 10.2. The Balaban J connectivity index is 1.31. The predicted octanol–water partition coefficient (Wildman–Crippen LogP) is 3.07. The molecule has 2 aromatic rings. The molecule has 0 radical (unpaired) electrons. The minimum absolute atomic E-state index is 0.0867. The monoisotopic (exact) mass is 458 g/mol. The zero-order valence-corrected chi connectivity index (χ0v) is 17.1. The fourth-order valence-corrected chi connectivity index (χ4v) is 3.63. The van der Waals surface area contributed by atoms with E-state index in [1.54, 1.807) is 12.3 Å². The van der Waals surface area contributed by atoms with Gasteiger partial charge in [0.15, 0.2) is 6.10 Å². The summed E-state index contributed by atoms with van der Waals surface area (Å²) >= 11 is 3.26. The topological polar surface area (TPSA) is 93.1 Å². The number of hydrogen-bond acceptors (Lipinski definition) is 6. The van der Waals surface area contributed by atoms with Gasteiger partial charge < -0.3 is 14.9 Å². The largest absolute Gasteiger partial charge is 0.444 e. The van der Waals surface area contributed by atoms with Gasteiger partial charge in [-0.25, -0.2) is 4.79 Å². The summed E-state index contributed by atoms with van der Waals surface area (Å²) in [5, 5.41) is 7.54. The normalized spacial score (nSPS) is 18.2. The molecule has 150 valence electrons. The Morgan fingerprint density at radius 3 is 3.03 bits per heavy atom. The molecule has 0 aliphatic carbocycles. The van der Waals surface area contributed by atoms with Crippen molar-refractivity contribution in [1.29, 1.82) is 0 Å². The van der Waals surface area contributed by atoms with Crippen molar-refractivity contribution in [3.63, 3.8) is 0 Å². The average Bonchev–Trinajstić information content (AvgIpc) is 3.39. The highest BCUT2D eigenvalue weighted by Crippen LogP contribution is 2.19. The van der Waals surface area contributed by atoms with Crippen molar-refractivity contribution in [2.45, 2.75) is 25.6 Å². The quantitative estimate of drug-likeness (QED) is 0.742. The molecule has 1 aromatic carbocycles. The van der Waals surface area contributed by atoms with Crippen molar-refractivity contribution in [2.24, 2.45) is 5.16 Å². The first kappa shape index (κ1) is 19.4. The smallest absolute Gasteiger partial charge is 0.414 e. The molecule has 1 N–H and O–H groups in total. The maximum atomic E-state index is 12.5. The molecule has 1 aromatic heterocycles. The Labute approximate surface area is 175 Å². The number of benzene rings is 1.